The van der Waals surface area contributed by atoms with E-state index < -0.39 is 0 Å². The zero-order valence-electron chi connectivity index (χ0n) is 9.71. The van der Waals surface area contributed by atoms with Crippen LogP contribution in [-0.2, 0) is 9.59 Å². The number of amidine groups is 1. The first kappa shape index (κ1) is 14.1. The SMILES string of the molecule is CC(=O)NC1=NN(c2c(Cl)cc(Cl)cc2Cl)C(=O)C1. The molecule has 1 aromatic rings. The highest BCUT2D eigenvalue weighted by Gasteiger charge is 2.29. The van der Waals surface area contributed by atoms with Crippen molar-refractivity contribution in [3.8, 4) is 0 Å². The summed E-state index contributed by atoms with van der Waals surface area (Å²) in [5.41, 5.74) is 0.248. The Labute approximate surface area is 124 Å². The molecular formula is C11H8Cl3N3O2. The van der Waals surface area contributed by atoms with Gasteiger partial charge in [0.25, 0.3) is 5.91 Å². The second-order valence-electron chi connectivity index (χ2n) is 3.83. The summed E-state index contributed by atoms with van der Waals surface area (Å²) in [5.74, 6) is -0.392. The zero-order chi connectivity index (χ0) is 14.2. The Morgan fingerprint density at radius 1 is 1.32 bits per heavy atom. The molecular weight excluding hydrogens is 312 g/mol. The number of carbonyl (C=O) groups excluding carboxylic acids is 2. The van der Waals surface area contributed by atoms with Gasteiger partial charge in [-0.2, -0.15) is 10.1 Å². The normalized spacial score (nSPS) is 14.6. The number of carbonyl (C=O) groups is 2. The van der Waals surface area contributed by atoms with Crippen molar-refractivity contribution in [3.63, 3.8) is 0 Å². The van der Waals surface area contributed by atoms with Gasteiger partial charge in [-0.15, -0.1) is 0 Å². The quantitative estimate of drug-likeness (QED) is 0.865. The van der Waals surface area contributed by atoms with Crippen LogP contribution in [0.3, 0.4) is 0 Å². The summed E-state index contributed by atoms with van der Waals surface area (Å²) < 4.78 is 0. The van der Waals surface area contributed by atoms with Crippen molar-refractivity contribution in [2.24, 2.45) is 5.10 Å². The number of amides is 2. The van der Waals surface area contributed by atoms with E-state index in [4.69, 9.17) is 34.8 Å². The molecule has 0 saturated heterocycles. The van der Waals surface area contributed by atoms with Gasteiger partial charge in [0, 0.05) is 11.9 Å². The molecule has 1 aliphatic rings. The summed E-state index contributed by atoms with van der Waals surface area (Å²) in [6.07, 6.45) is -0.0190. The van der Waals surface area contributed by atoms with E-state index >= 15 is 0 Å². The van der Waals surface area contributed by atoms with Crippen LogP contribution in [0.15, 0.2) is 17.2 Å². The number of nitrogens with zero attached hydrogens (tertiary/aromatic N) is 2. The third kappa shape index (κ3) is 3.00. The number of hydrogen-bond donors (Lipinski definition) is 1. The molecule has 0 aliphatic carbocycles. The first-order valence-corrected chi connectivity index (χ1v) is 6.34. The van der Waals surface area contributed by atoms with Gasteiger partial charge < -0.3 is 5.32 Å². The fourth-order valence-corrected chi connectivity index (χ4v) is 2.59. The lowest BCUT2D eigenvalue weighted by molar-refractivity contribution is -0.117. The number of rotatable bonds is 1. The molecule has 8 heteroatoms. The van der Waals surface area contributed by atoms with Gasteiger partial charge in [0.15, 0.2) is 0 Å². The molecule has 2 amide bonds. The third-order valence-electron chi connectivity index (χ3n) is 2.29. The zero-order valence-corrected chi connectivity index (χ0v) is 12.0. The van der Waals surface area contributed by atoms with E-state index in [-0.39, 0.29) is 39.8 Å². The average molecular weight is 321 g/mol. The number of nitrogens with one attached hydrogen (secondary N) is 1. The maximum Gasteiger partial charge on any atom is 0.255 e. The van der Waals surface area contributed by atoms with Gasteiger partial charge in [-0.05, 0) is 12.1 Å². The minimum atomic E-state index is -0.338. The molecule has 0 bridgehead atoms. The van der Waals surface area contributed by atoms with E-state index in [1.807, 2.05) is 0 Å². The van der Waals surface area contributed by atoms with Crippen molar-refractivity contribution in [2.75, 3.05) is 5.01 Å². The van der Waals surface area contributed by atoms with Crippen molar-refractivity contribution in [1.82, 2.24) is 5.32 Å². The summed E-state index contributed by atoms with van der Waals surface area (Å²) in [5, 5.41) is 8.28. The van der Waals surface area contributed by atoms with Gasteiger partial charge in [-0.25, -0.2) is 0 Å². The number of hydrazone groups is 1. The first-order chi connectivity index (χ1) is 8.88. The van der Waals surface area contributed by atoms with Gasteiger partial charge in [-0.3, -0.25) is 9.59 Å². The summed E-state index contributed by atoms with van der Waals surface area (Å²) in [6.45, 7) is 1.33. The molecule has 1 aliphatic heterocycles. The second kappa shape index (κ2) is 5.36. The van der Waals surface area contributed by atoms with Crippen LogP contribution >= 0.6 is 34.8 Å². The predicted molar refractivity (Wildman–Crippen MR) is 74.8 cm³/mol. The average Bonchev–Trinajstić information content (AvgIpc) is 2.57. The molecule has 0 fully saturated rings. The second-order valence-corrected chi connectivity index (χ2v) is 5.08. The van der Waals surface area contributed by atoms with Gasteiger partial charge in [0.2, 0.25) is 5.91 Å². The van der Waals surface area contributed by atoms with Gasteiger partial charge in [-0.1, -0.05) is 34.8 Å². The van der Waals surface area contributed by atoms with Crippen LogP contribution in [0.2, 0.25) is 15.1 Å². The topological polar surface area (TPSA) is 61.8 Å². The molecule has 1 heterocycles. The smallest absolute Gasteiger partial charge is 0.255 e. The maximum absolute atomic E-state index is 11.9. The Morgan fingerprint density at radius 2 is 1.89 bits per heavy atom. The monoisotopic (exact) mass is 319 g/mol. The summed E-state index contributed by atoms with van der Waals surface area (Å²) in [7, 11) is 0. The van der Waals surface area contributed by atoms with Crippen molar-refractivity contribution in [2.45, 2.75) is 13.3 Å². The highest BCUT2D eigenvalue weighted by atomic mass is 35.5. The number of halogens is 3. The van der Waals surface area contributed by atoms with Crippen molar-refractivity contribution < 1.29 is 9.59 Å². The standard InChI is InChI=1S/C11H8Cl3N3O2/c1-5(18)15-9-4-10(19)17(16-9)11-7(13)2-6(12)3-8(11)14/h2-3H,4H2,1H3,(H,15,16,18). The van der Waals surface area contributed by atoms with E-state index in [9.17, 15) is 9.59 Å². The molecule has 0 unspecified atom stereocenters. The predicted octanol–water partition coefficient (Wildman–Crippen LogP) is 2.83. The van der Waals surface area contributed by atoms with E-state index in [0.29, 0.717) is 5.02 Å². The van der Waals surface area contributed by atoms with Gasteiger partial charge >= 0.3 is 0 Å². The van der Waals surface area contributed by atoms with Crippen molar-refractivity contribution in [1.29, 1.82) is 0 Å². The molecule has 0 spiro atoms. The lowest BCUT2D eigenvalue weighted by Crippen LogP contribution is -2.27. The van der Waals surface area contributed by atoms with Crippen molar-refractivity contribution >= 4 is 58.1 Å². The Balaban J connectivity index is 2.39. The Bertz CT molecular complexity index is 578. The van der Waals surface area contributed by atoms with Crippen molar-refractivity contribution in [3.05, 3.63) is 27.2 Å². The molecule has 1 aromatic carbocycles. The van der Waals surface area contributed by atoms with E-state index in [2.05, 4.69) is 10.4 Å². The maximum atomic E-state index is 11.9. The molecule has 100 valence electrons. The van der Waals surface area contributed by atoms with Gasteiger partial charge in [0.05, 0.1) is 16.5 Å². The molecule has 0 atom stereocenters. The van der Waals surface area contributed by atoms with Crippen LogP contribution in [0.25, 0.3) is 0 Å². The fourth-order valence-electron chi connectivity index (χ4n) is 1.61. The molecule has 0 aromatic heterocycles. The van der Waals surface area contributed by atoms with Crippen LogP contribution in [0, 0.1) is 0 Å². The number of benzene rings is 1. The number of anilines is 1. The number of hydrogen-bond acceptors (Lipinski definition) is 3. The Morgan fingerprint density at radius 3 is 2.42 bits per heavy atom. The minimum absolute atomic E-state index is 0.0190. The Kier molecular flexibility index (Phi) is 3.99. The molecule has 19 heavy (non-hydrogen) atoms. The summed E-state index contributed by atoms with van der Waals surface area (Å²) in [4.78, 5) is 22.8. The van der Waals surface area contributed by atoms with E-state index in [1.54, 1.807) is 0 Å². The molecule has 5 nitrogen and oxygen atoms in total. The van der Waals surface area contributed by atoms with E-state index in [1.165, 1.54) is 19.1 Å². The highest BCUT2D eigenvalue weighted by Crippen LogP contribution is 2.38. The first-order valence-electron chi connectivity index (χ1n) is 5.21. The van der Waals surface area contributed by atoms with E-state index in [0.717, 1.165) is 5.01 Å². The lowest BCUT2D eigenvalue weighted by atomic mass is 10.3. The third-order valence-corrected chi connectivity index (χ3v) is 3.08. The Hall–Kier alpha value is -1.30. The summed E-state index contributed by atoms with van der Waals surface area (Å²) in [6, 6.07) is 2.92. The largest absolute Gasteiger partial charge is 0.313 e. The van der Waals surface area contributed by atoms with Crippen LogP contribution in [-0.4, -0.2) is 17.6 Å². The van der Waals surface area contributed by atoms with Crippen LogP contribution in [0.1, 0.15) is 13.3 Å². The van der Waals surface area contributed by atoms with Crippen LogP contribution < -0.4 is 10.3 Å². The highest BCUT2D eigenvalue weighted by molar-refractivity contribution is 6.42. The van der Waals surface area contributed by atoms with Gasteiger partial charge in [0.1, 0.15) is 11.5 Å². The fraction of sp³-hybridized carbons (Fsp3) is 0.182. The molecule has 0 saturated carbocycles. The summed E-state index contributed by atoms with van der Waals surface area (Å²) >= 11 is 17.8. The lowest BCUT2D eigenvalue weighted by Gasteiger charge is -2.15. The van der Waals surface area contributed by atoms with Crippen LogP contribution in [0.4, 0.5) is 5.69 Å². The minimum Gasteiger partial charge on any atom is -0.313 e. The molecule has 0 radical (unpaired) electrons. The molecule has 1 N–H and O–H groups in total. The van der Waals surface area contributed by atoms with Crippen LogP contribution in [0.5, 0.6) is 0 Å². The molecule has 2 rings (SSSR count).